The summed E-state index contributed by atoms with van der Waals surface area (Å²) in [7, 11) is 0. The Balaban J connectivity index is 2.72. The minimum absolute atomic E-state index is 0.0279. The second-order valence-electron chi connectivity index (χ2n) is 3.77. The first-order valence-electron chi connectivity index (χ1n) is 5.20. The molecule has 0 N–H and O–H groups in total. The number of nitrogens with zero attached hydrogens (tertiary/aromatic N) is 1. The summed E-state index contributed by atoms with van der Waals surface area (Å²) in [5.74, 6) is -0.724. The lowest BCUT2D eigenvalue weighted by Crippen LogP contribution is -2.08. The lowest BCUT2D eigenvalue weighted by atomic mass is 9.97. The Bertz CT molecular complexity index is 622. The van der Waals surface area contributed by atoms with Crippen LogP contribution in [0.4, 0.5) is 17.6 Å². The Morgan fingerprint density at radius 3 is 2.47 bits per heavy atom. The molecule has 1 aromatic carbocycles. The second-order valence-corrected chi connectivity index (χ2v) is 3.77. The summed E-state index contributed by atoms with van der Waals surface area (Å²) in [6.45, 7) is 0. The van der Waals surface area contributed by atoms with Crippen LogP contribution in [0.3, 0.4) is 0 Å². The smallest absolute Gasteiger partial charge is 0.298 e. The fourth-order valence-corrected chi connectivity index (χ4v) is 1.72. The number of halogens is 4. The van der Waals surface area contributed by atoms with Gasteiger partial charge in [-0.25, -0.2) is 4.39 Å². The topological polar surface area (TPSA) is 30.0 Å². The molecule has 0 fully saturated rings. The number of pyridine rings is 1. The summed E-state index contributed by atoms with van der Waals surface area (Å²) in [6.07, 6.45) is -2.27. The summed E-state index contributed by atoms with van der Waals surface area (Å²) in [5, 5.41) is 0. The highest BCUT2D eigenvalue weighted by Gasteiger charge is 2.34. The van der Waals surface area contributed by atoms with E-state index in [1.54, 1.807) is 0 Å². The van der Waals surface area contributed by atoms with Crippen molar-refractivity contribution in [1.29, 1.82) is 0 Å². The lowest BCUT2D eigenvalue weighted by molar-refractivity contribution is -0.137. The molecule has 0 bridgehead atoms. The van der Waals surface area contributed by atoms with Gasteiger partial charge in [-0.05, 0) is 29.8 Å². The summed E-state index contributed by atoms with van der Waals surface area (Å²) in [5.41, 5.74) is -1.44. The van der Waals surface area contributed by atoms with Crippen LogP contribution >= 0.6 is 0 Å². The maximum absolute atomic E-state index is 13.2. The Morgan fingerprint density at radius 1 is 1.11 bits per heavy atom. The van der Waals surface area contributed by atoms with Crippen LogP contribution in [-0.4, -0.2) is 11.3 Å². The third kappa shape index (κ3) is 2.62. The highest BCUT2D eigenvalue weighted by atomic mass is 19.4. The molecule has 98 valence electrons. The van der Waals surface area contributed by atoms with Crippen LogP contribution in [0.5, 0.6) is 0 Å². The van der Waals surface area contributed by atoms with Crippen molar-refractivity contribution in [2.75, 3.05) is 0 Å². The molecule has 2 aromatic rings. The van der Waals surface area contributed by atoms with Gasteiger partial charge in [-0.15, -0.1) is 0 Å². The zero-order valence-corrected chi connectivity index (χ0v) is 9.41. The van der Waals surface area contributed by atoms with Crippen molar-refractivity contribution >= 4 is 6.29 Å². The van der Waals surface area contributed by atoms with E-state index in [4.69, 9.17) is 0 Å². The molecule has 0 saturated heterocycles. The van der Waals surface area contributed by atoms with E-state index in [9.17, 15) is 22.4 Å². The van der Waals surface area contributed by atoms with Gasteiger partial charge in [0.2, 0.25) is 0 Å². The average molecular weight is 269 g/mol. The number of carbonyl (C=O) groups is 1. The van der Waals surface area contributed by atoms with Gasteiger partial charge in [-0.3, -0.25) is 9.78 Å². The fourth-order valence-electron chi connectivity index (χ4n) is 1.72. The van der Waals surface area contributed by atoms with Crippen LogP contribution in [0.2, 0.25) is 0 Å². The molecule has 0 radical (unpaired) electrons. The first kappa shape index (κ1) is 13.2. The monoisotopic (exact) mass is 269 g/mol. The molecular weight excluding hydrogens is 262 g/mol. The van der Waals surface area contributed by atoms with Gasteiger partial charge in [0.15, 0.2) is 6.29 Å². The summed E-state index contributed by atoms with van der Waals surface area (Å²) in [6, 6.07) is 3.81. The number of aldehydes is 1. The zero-order chi connectivity index (χ0) is 14.0. The number of aromatic nitrogens is 1. The average Bonchev–Trinajstić information content (AvgIpc) is 2.37. The maximum Gasteiger partial charge on any atom is 0.417 e. The number of benzene rings is 1. The van der Waals surface area contributed by atoms with E-state index in [0.29, 0.717) is 6.29 Å². The van der Waals surface area contributed by atoms with E-state index in [1.165, 1.54) is 0 Å². The third-order valence-corrected chi connectivity index (χ3v) is 2.56. The number of hydrogen-bond acceptors (Lipinski definition) is 2. The van der Waals surface area contributed by atoms with E-state index in [-0.39, 0.29) is 16.7 Å². The number of hydrogen-bond donors (Lipinski definition) is 0. The van der Waals surface area contributed by atoms with Crippen LogP contribution in [0.15, 0.2) is 36.7 Å². The van der Waals surface area contributed by atoms with E-state index >= 15 is 0 Å². The minimum Gasteiger partial charge on any atom is -0.298 e. The quantitative estimate of drug-likeness (QED) is 0.614. The van der Waals surface area contributed by atoms with Crippen molar-refractivity contribution < 1.29 is 22.4 Å². The van der Waals surface area contributed by atoms with E-state index in [1.807, 2.05) is 0 Å². The van der Waals surface area contributed by atoms with E-state index < -0.39 is 17.6 Å². The Hall–Kier alpha value is -2.24. The molecule has 1 heterocycles. The molecule has 2 rings (SSSR count). The molecule has 0 unspecified atom stereocenters. The van der Waals surface area contributed by atoms with Gasteiger partial charge in [0, 0.05) is 23.5 Å². The van der Waals surface area contributed by atoms with Crippen LogP contribution in [0.25, 0.3) is 11.1 Å². The van der Waals surface area contributed by atoms with Gasteiger partial charge in [-0.1, -0.05) is 0 Å². The van der Waals surface area contributed by atoms with Crippen molar-refractivity contribution in [2.24, 2.45) is 0 Å². The zero-order valence-electron chi connectivity index (χ0n) is 9.41. The molecule has 2 nitrogen and oxygen atoms in total. The molecule has 0 aliphatic heterocycles. The minimum atomic E-state index is -4.61. The van der Waals surface area contributed by atoms with Gasteiger partial charge < -0.3 is 0 Å². The first-order chi connectivity index (χ1) is 8.93. The van der Waals surface area contributed by atoms with Gasteiger partial charge in [0.1, 0.15) is 5.82 Å². The first-order valence-corrected chi connectivity index (χ1v) is 5.20. The Kier molecular flexibility index (Phi) is 3.33. The number of carbonyl (C=O) groups excluding carboxylic acids is 1. The normalized spacial score (nSPS) is 11.4. The van der Waals surface area contributed by atoms with Crippen LogP contribution < -0.4 is 0 Å². The van der Waals surface area contributed by atoms with Crippen molar-refractivity contribution in [2.45, 2.75) is 6.18 Å². The van der Waals surface area contributed by atoms with Crippen molar-refractivity contribution in [3.05, 3.63) is 53.6 Å². The predicted molar refractivity (Wildman–Crippen MR) is 60.0 cm³/mol. The fraction of sp³-hybridized carbons (Fsp3) is 0.0769. The predicted octanol–water partition coefficient (Wildman–Crippen LogP) is 3.72. The van der Waals surface area contributed by atoms with Gasteiger partial charge in [0.05, 0.1) is 5.56 Å². The summed E-state index contributed by atoms with van der Waals surface area (Å²) >= 11 is 0. The molecule has 0 atom stereocenters. The van der Waals surface area contributed by atoms with Gasteiger partial charge in [-0.2, -0.15) is 13.2 Å². The Morgan fingerprint density at radius 2 is 1.84 bits per heavy atom. The molecular formula is C13H7F4NO. The lowest BCUT2D eigenvalue weighted by Gasteiger charge is -2.13. The maximum atomic E-state index is 13.2. The number of rotatable bonds is 2. The van der Waals surface area contributed by atoms with Crippen LogP contribution in [0, 0.1) is 5.82 Å². The SMILES string of the molecule is O=Cc1ccc(F)cc1-c1cnccc1C(F)(F)F. The third-order valence-electron chi connectivity index (χ3n) is 2.56. The van der Waals surface area contributed by atoms with Crippen LogP contribution in [-0.2, 0) is 6.18 Å². The molecule has 0 aliphatic rings. The second kappa shape index (κ2) is 4.79. The molecule has 0 spiro atoms. The molecule has 19 heavy (non-hydrogen) atoms. The Labute approximate surface area is 105 Å². The van der Waals surface area contributed by atoms with Crippen LogP contribution in [0.1, 0.15) is 15.9 Å². The largest absolute Gasteiger partial charge is 0.417 e. The van der Waals surface area contributed by atoms with E-state index in [2.05, 4.69) is 4.98 Å². The highest BCUT2D eigenvalue weighted by molar-refractivity contribution is 5.88. The van der Waals surface area contributed by atoms with Gasteiger partial charge >= 0.3 is 6.18 Å². The van der Waals surface area contributed by atoms with Crippen molar-refractivity contribution in [3.63, 3.8) is 0 Å². The molecule has 0 saturated carbocycles. The van der Waals surface area contributed by atoms with Gasteiger partial charge in [0.25, 0.3) is 0 Å². The highest BCUT2D eigenvalue weighted by Crippen LogP contribution is 2.37. The van der Waals surface area contributed by atoms with Crippen molar-refractivity contribution in [1.82, 2.24) is 4.98 Å². The molecule has 1 aromatic heterocycles. The summed E-state index contributed by atoms with van der Waals surface area (Å²) < 4.78 is 51.8. The molecule has 0 aliphatic carbocycles. The summed E-state index contributed by atoms with van der Waals surface area (Å²) in [4.78, 5) is 14.5. The standard InChI is InChI=1S/C13H7F4NO/c14-9-2-1-8(7-19)10(5-9)11-6-18-4-3-12(11)13(15,16)17/h1-7H. The van der Waals surface area contributed by atoms with E-state index in [0.717, 1.165) is 36.7 Å². The number of alkyl halides is 3. The molecule has 6 heteroatoms. The molecule has 0 amide bonds. The van der Waals surface area contributed by atoms with Crippen molar-refractivity contribution in [3.8, 4) is 11.1 Å².